The summed E-state index contributed by atoms with van der Waals surface area (Å²) in [6.07, 6.45) is 4.26. The number of anilines is 1. The molecule has 6 aromatic heterocycles. The number of hydrogen-bond acceptors (Lipinski definition) is 18. The fraction of sp³-hybridized carbons (Fsp3) is 0.564. The van der Waals surface area contributed by atoms with Gasteiger partial charge in [-0.2, -0.15) is 0 Å². The molecule has 10 rings (SSSR count). The molecule has 0 unspecified atom stereocenters. The molecule has 8 aromatic rings. The number of aliphatic hydroxyl groups excluding tert-OH is 4. The molecule has 0 aliphatic carbocycles. The van der Waals surface area contributed by atoms with Gasteiger partial charge in [-0.1, -0.05) is 19.9 Å². The number of imidazole rings is 4. The molecule has 2 fully saturated rings. The number of ether oxygens (including phenoxy) is 3. The second-order valence-electron chi connectivity index (χ2n) is 22.4. The van der Waals surface area contributed by atoms with E-state index in [1.165, 1.54) is 6.33 Å². The van der Waals surface area contributed by atoms with Crippen LogP contribution in [0, 0.1) is 0 Å². The van der Waals surface area contributed by atoms with Crippen LogP contribution in [0.3, 0.4) is 0 Å². The predicted octanol–water partition coefficient (Wildman–Crippen LogP) is 5.31. The summed E-state index contributed by atoms with van der Waals surface area (Å²) in [4.78, 5) is 48.1. The summed E-state index contributed by atoms with van der Waals surface area (Å²) in [6.45, 7) is 19.2. The number of nitrogens with zero attached hydrogens (tertiary/aromatic N) is 12. The first-order valence-electron chi connectivity index (χ1n) is 27.2. The quantitative estimate of drug-likeness (QED) is 0.0399. The number of aromatic amines is 2. The summed E-state index contributed by atoms with van der Waals surface area (Å²) in [5.41, 5.74) is 12.8. The third-order valence-electron chi connectivity index (χ3n) is 15.3. The number of nitrogen functional groups attached to an aromatic ring is 1. The monoisotopic (exact) mass is 1060 g/mol. The molecule has 8 heterocycles. The summed E-state index contributed by atoms with van der Waals surface area (Å²) >= 11 is 0. The number of H-pyrrole nitrogens is 2. The van der Waals surface area contributed by atoms with Crippen LogP contribution in [0.15, 0.2) is 61.6 Å². The van der Waals surface area contributed by atoms with Crippen molar-refractivity contribution < 1.29 is 34.6 Å². The fourth-order valence-corrected chi connectivity index (χ4v) is 10.8. The number of fused-ring (bicyclic) bond motifs is 4. The highest BCUT2D eigenvalue weighted by Gasteiger charge is 2.46. The Balaban J connectivity index is 0.730. The predicted molar refractivity (Wildman–Crippen MR) is 291 cm³/mol. The summed E-state index contributed by atoms with van der Waals surface area (Å²) in [5, 5.41) is 44.9. The van der Waals surface area contributed by atoms with E-state index in [1.54, 1.807) is 28.0 Å². The van der Waals surface area contributed by atoms with E-state index in [0.29, 0.717) is 47.7 Å². The maximum Gasteiger partial charge on any atom is 0.167 e. The SMILES string of the molecule is CC(C)Oc1ccc2[nH]c(CCCCN(C[C@H]3O[C@@H](n4cnc5c(N)nc(CC(C)(C)c6ccc7[nH]c(CCCCN(C[C@H]8O[C@@H](n9cnc%10cncnc%109)[C@H](O)[C@@H]8O)C(C)C)nc7c6)nc54)[C@H](O)[C@@H]3O)C(C)C)nc2c1. The summed E-state index contributed by atoms with van der Waals surface area (Å²) in [5.74, 6) is 3.38. The average molecular weight is 1060 g/mol. The molecule has 22 heteroatoms. The molecule has 0 bridgehead atoms. The molecular formula is C55H75N15O7. The molecule has 412 valence electrons. The smallest absolute Gasteiger partial charge is 0.167 e. The first-order valence-corrected chi connectivity index (χ1v) is 27.2. The maximum absolute atomic E-state index is 11.5. The third kappa shape index (κ3) is 11.7. The molecule has 0 amide bonds. The molecule has 0 radical (unpaired) electrons. The summed E-state index contributed by atoms with van der Waals surface area (Å²) in [7, 11) is 0. The van der Waals surface area contributed by atoms with E-state index in [0.717, 1.165) is 96.6 Å². The highest BCUT2D eigenvalue weighted by molar-refractivity contribution is 5.82. The van der Waals surface area contributed by atoms with Crippen molar-refractivity contribution in [3.8, 4) is 5.75 Å². The van der Waals surface area contributed by atoms with E-state index >= 15 is 0 Å². The van der Waals surface area contributed by atoms with Crippen LogP contribution in [-0.2, 0) is 34.2 Å². The number of aryl methyl sites for hydroxylation is 2. The molecule has 2 saturated heterocycles. The zero-order valence-corrected chi connectivity index (χ0v) is 45.4. The van der Waals surface area contributed by atoms with Gasteiger partial charge in [0.2, 0.25) is 0 Å². The molecule has 22 nitrogen and oxygen atoms in total. The minimum Gasteiger partial charge on any atom is -0.491 e. The van der Waals surface area contributed by atoms with Crippen molar-refractivity contribution in [2.24, 2.45) is 0 Å². The van der Waals surface area contributed by atoms with Gasteiger partial charge in [0.15, 0.2) is 29.6 Å². The maximum atomic E-state index is 11.5. The lowest BCUT2D eigenvalue weighted by molar-refractivity contribution is -0.0469. The molecule has 8 atom stereocenters. The number of nitrogens with two attached hydrogens (primary N) is 1. The Morgan fingerprint density at radius 3 is 1.84 bits per heavy atom. The Morgan fingerprint density at radius 2 is 1.25 bits per heavy atom. The molecule has 2 aliphatic rings. The average Bonchev–Trinajstić information content (AvgIpc) is 4.28. The van der Waals surface area contributed by atoms with Gasteiger partial charge in [0.25, 0.3) is 0 Å². The standard InChI is InChI=1S/C55H75N15O7/c1-30(2)67(25-40-46(71)48(73)53(76-40)69-28-59-39-24-57-27-58-51(39)69)19-11-9-13-42-61-35-17-15-33(21-37(35)63-42)55(7,8)23-44-65-50(56)45-52(66-44)70(29-60-45)54-49(74)47(72)41(77-54)26-68(31(3)4)20-12-10-14-43-62-36-18-16-34(75-32(5)6)22-38(36)64-43/h15-18,21-22,24,27-32,40-41,46-49,53-54,71-74H,9-14,19-20,23,25-26H2,1-8H3,(H,61,63)(H,62,64)(H2,56,65,66)/t40-,41-,46-,47-,48-,49-,53-,54-/m1/s1. The van der Waals surface area contributed by atoms with Gasteiger partial charge in [-0.25, -0.2) is 39.9 Å². The minimum absolute atomic E-state index is 0.0914. The number of benzene rings is 2. The van der Waals surface area contributed by atoms with E-state index in [1.807, 2.05) is 32.0 Å². The van der Waals surface area contributed by atoms with Crippen LogP contribution >= 0.6 is 0 Å². The van der Waals surface area contributed by atoms with Crippen molar-refractivity contribution in [1.82, 2.24) is 68.8 Å². The minimum atomic E-state index is -1.23. The largest absolute Gasteiger partial charge is 0.491 e. The highest BCUT2D eigenvalue weighted by atomic mass is 16.6. The van der Waals surface area contributed by atoms with E-state index in [-0.39, 0.29) is 24.0 Å². The number of aromatic nitrogens is 12. The normalized spacial score (nSPS) is 22.4. The molecule has 77 heavy (non-hydrogen) atoms. The van der Waals surface area contributed by atoms with Crippen LogP contribution in [-0.4, -0.2) is 170 Å². The first kappa shape index (κ1) is 54.1. The van der Waals surface area contributed by atoms with Crippen LogP contribution in [0.5, 0.6) is 5.75 Å². The topological polar surface area (TPSA) is 286 Å². The molecule has 2 aromatic carbocycles. The van der Waals surface area contributed by atoms with Crippen molar-refractivity contribution in [2.45, 2.75) is 173 Å². The van der Waals surface area contributed by atoms with Crippen molar-refractivity contribution in [3.63, 3.8) is 0 Å². The van der Waals surface area contributed by atoms with Crippen LogP contribution in [0.1, 0.15) is 117 Å². The highest BCUT2D eigenvalue weighted by Crippen LogP contribution is 2.36. The molecule has 0 saturated carbocycles. The molecule has 2 aliphatic heterocycles. The Bertz CT molecular complexity index is 3280. The van der Waals surface area contributed by atoms with E-state index in [2.05, 4.69) is 104 Å². The van der Waals surface area contributed by atoms with E-state index in [9.17, 15) is 20.4 Å². The van der Waals surface area contributed by atoms with Gasteiger partial charge < -0.3 is 50.3 Å². The fourth-order valence-electron chi connectivity index (χ4n) is 10.8. The molecule has 8 N–H and O–H groups in total. The van der Waals surface area contributed by atoms with Gasteiger partial charge in [0.05, 0.1) is 47.0 Å². The second kappa shape index (κ2) is 22.6. The van der Waals surface area contributed by atoms with Crippen molar-refractivity contribution in [2.75, 3.05) is 31.9 Å². The van der Waals surface area contributed by atoms with Gasteiger partial charge in [-0.15, -0.1) is 0 Å². The van der Waals surface area contributed by atoms with E-state index in [4.69, 9.17) is 34.9 Å². The van der Waals surface area contributed by atoms with Gasteiger partial charge in [-0.3, -0.25) is 18.9 Å². The molecular weight excluding hydrogens is 983 g/mol. The van der Waals surface area contributed by atoms with E-state index < -0.39 is 54.5 Å². The Morgan fingerprint density at radius 1 is 0.675 bits per heavy atom. The van der Waals surface area contributed by atoms with Gasteiger partial charge in [0, 0.05) is 50.5 Å². The van der Waals surface area contributed by atoms with Crippen molar-refractivity contribution >= 4 is 50.2 Å². The van der Waals surface area contributed by atoms with Crippen LogP contribution in [0.2, 0.25) is 0 Å². The van der Waals surface area contributed by atoms with Gasteiger partial charge in [-0.05, 0) is 116 Å². The van der Waals surface area contributed by atoms with Crippen molar-refractivity contribution in [1.29, 1.82) is 0 Å². The first-order chi connectivity index (χ1) is 36.9. The summed E-state index contributed by atoms with van der Waals surface area (Å²) in [6, 6.07) is 12.6. The number of unbranched alkanes of at least 4 members (excludes halogenated alkanes) is 2. The number of rotatable bonds is 23. The number of hydrogen-bond donors (Lipinski definition) is 7. The lowest BCUT2D eigenvalue weighted by Gasteiger charge is -2.30. The Kier molecular flexibility index (Phi) is 15.9. The van der Waals surface area contributed by atoms with Gasteiger partial charge >= 0.3 is 0 Å². The summed E-state index contributed by atoms with van der Waals surface area (Å²) < 4.78 is 21.9. The van der Waals surface area contributed by atoms with Crippen molar-refractivity contribution in [3.05, 3.63) is 84.6 Å². The third-order valence-corrected chi connectivity index (χ3v) is 15.3. The van der Waals surface area contributed by atoms with Gasteiger partial charge in [0.1, 0.15) is 77.2 Å². The lowest BCUT2D eigenvalue weighted by Crippen LogP contribution is -2.43. The van der Waals surface area contributed by atoms with Crippen LogP contribution in [0.4, 0.5) is 5.82 Å². The van der Waals surface area contributed by atoms with Crippen LogP contribution < -0.4 is 10.5 Å². The van der Waals surface area contributed by atoms with Crippen LogP contribution in [0.25, 0.3) is 44.4 Å². The Labute approximate surface area is 447 Å². The Hall–Kier alpha value is -6.24. The zero-order chi connectivity index (χ0) is 54.3. The second-order valence-corrected chi connectivity index (χ2v) is 22.4. The zero-order valence-electron chi connectivity index (χ0n) is 45.4. The number of aliphatic hydroxyl groups is 4. The molecule has 0 spiro atoms. The number of nitrogens with one attached hydrogen (secondary N) is 2. The lowest BCUT2D eigenvalue weighted by atomic mass is 9.81.